The second kappa shape index (κ2) is 6.66. The Morgan fingerprint density at radius 2 is 1.86 bits per heavy atom. The van der Waals surface area contributed by atoms with Gasteiger partial charge >= 0.3 is 0 Å². The number of carbonyl (C=O) groups excluding carboxylic acids is 1. The molecule has 6 nitrogen and oxygen atoms in total. The van der Waals surface area contributed by atoms with E-state index < -0.39 is 10.0 Å². The summed E-state index contributed by atoms with van der Waals surface area (Å²) in [5, 5.41) is 12.4. The van der Waals surface area contributed by atoms with Crippen molar-refractivity contribution < 1.29 is 18.3 Å². The molecule has 1 fully saturated rings. The van der Waals surface area contributed by atoms with Crippen molar-refractivity contribution >= 4 is 21.6 Å². The van der Waals surface area contributed by atoms with Crippen molar-refractivity contribution in [1.29, 1.82) is 0 Å². The third-order valence-electron chi connectivity index (χ3n) is 3.75. The molecule has 0 heterocycles. The van der Waals surface area contributed by atoms with Crippen LogP contribution in [0.15, 0.2) is 18.2 Å². The van der Waals surface area contributed by atoms with Gasteiger partial charge in [-0.15, -0.1) is 0 Å². The van der Waals surface area contributed by atoms with E-state index in [-0.39, 0.29) is 23.7 Å². The number of benzene rings is 1. The first-order chi connectivity index (χ1) is 10.2. The number of aryl methyl sites for hydroxylation is 1. The lowest BCUT2D eigenvalue weighted by atomic mass is 9.93. The first-order valence-electron chi connectivity index (χ1n) is 7.32. The minimum Gasteiger partial charge on any atom is -0.393 e. The van der Waals surface area contributed by atoms with Gasteiger partial charge in [-0.3, -0.25) is 9.52 Å². The number of hydrogen-bond donors (Lipinski definition) is 3. The predicted octanol–water partition coefficient (Wildman–Crippen LogP) is 1.40. The molecule has 0 radical (unpaired) electrons. The molecular weight excluding hydrogens is 304 g/mol. The molecule has 122 valence electrons. The van der Waals surface area contributed by atoms with Crippen LogP contribution in [0.4, 0.5) is 5.69 Å². The number of aliphatic hydroxyl groups is 1. The molecule has 1 aliphatic carbocycles. The standard InChI is InChI=1S/C15H22N2O4S/c1-10-3-8-14(17-22(2,20)21)13(9-10)15(19)16-11-4-6-12(18)7-5-11/h3,8-9,11-12,17-18H,4-7H2,1-2H3,(H,16,19). The number of anilines is 1. The molecule has 1 amide bonds. The zero-order valence-corrected chi connectivity index (χ0v) is 13.6. The fraction of sp³-hybridized carbons (Fsp3) is 0.533. The first-order valence-corrected chi connectivity index (χ1v) is 9.21. The predicted molar refractivity (Wildman–Crippen MR) is 85.4 cm³/mol. The number of nitrogens with one attached hydrogen (secondary N) is 2. The van der Waals surface area contributed by atoms with Gasteiger partial charge in [-0.1, -0.05) is 11.6 Å². The minimum absolute atomic E-state index is 0.0162. The van der Waals surface area contributed by atoms with E-state index >= 15 is 0 Å². The third kappa shape index (κ3) is 4.71. The van der Waals surface area contributed by atoms with E-state index in [2.05, 4.69) is 10.0 Å². The molecule has 3 N–H and O–H groups in total. The van der Waals surface area contributed by atoms with Crippen LogP contribution in [0.2, 0.25) is 0 Å². The van der Waals surface area contributed by atoms with Crippen LogP contribution in [0.5, 0.6) is 0 Å². The molecule has 1 aliphatic rings. The van der Waals surface area contributed by atoms with Crippen molar-refractivity contribution in [2.24, 2.45) is 0 Å². The Hall–Kier alpha value is -1.60. The highest BCUT2D eigenvalue weighted by Gasteiger charge is 2.22. The molecule has 1 saturated carbocycles. The van der Waals surface area contributed by atoms with Gasteiger partial charge in [0.05, 0.1) is 23.6 Å². The largest absolute Gasteiger partial charge is 0.393 e. The number of amides is 1. The lowest BCUT2D eigenvalue weighted by molar-refractivity contribution is 0.0868. The van der Waals surface area contributed by atoms with E-state index in [1.54, 1.807) is 18.2 Å². The highest BCUT2D eigenvalue weighted by molar-refractivity contribution is 7.92. The van der Waals surface area contributed by atoms with Crippen LogP contribution in [0, 0.1) is 6.92 Å². The Morgan fingerprint density at radius 3 is 2.45 bits per heavy atom. The maximum atomic E-state index is 12.4. The Balaban J connectivity index is 2.16. The van der Waals surface area contributed by atoms with Crippen LogP contribution in [-0.4, -0.2) is 37.8 Å². The summed E-state index contributed by atoms with van der Waals surface area (Å²) in [6, 6.07) is 5.03. The van der Waals surface area contributed by atoms with Crippen LogP contribution in [0.25, 0.3) is 0 Å². The van der Waals surface area contributed by atoms with Crippen LogP contribution in [-0.2, 0) is 10.0 Å². The van der Waals surface area contributed by atoms with Crippen molar-refractivity contribution in [2.75, 3.05) is 11.0 Å². The van der Waals surface area contributed by atoms with Crippen LogP contribution in [0.3, 0.4) is 0 Å². The topological polar surface area (TPSA) is 95.5 Å². The Labute approximate surface area is 131 Å². The van der Waals surface area contributed by atoms with Crippen molar-refractivity contribution in [1.82, 2.24) is 5.32 Å². The zero-order valence-electron chi connectivity index (χ0n) is 12.8. The Morgan fingerprint density at radius 1 is 1.23 bits per heavy atom. The fourth-order valence-electron chi connectivity index (χ4n) is 2.62. The van der Waals surface area contributed by atoms with Crippen LogP contribution in [0.1, 0.15) is 41.6 Å². The molecule has 0 aliphatic heterocycles. The normalized spacial score (nSPS) is 22.1. The molecule has 0 saturated heterocycles. The lowest BCUT2D eigenvalue weighted by Crippen LogP contribution is -2.38. The average molecular weight is 326 g/mol. The van der Waals surface area contributed by atoms with Crippen molar-refractivity contribution in [3.8, 4) is 0 Å². The molecule has 2 rings (SSSR count). The van der Waals surface area contributed by atoms with Gasteiger partial charge in [0.1, 0.15) is 0 Å². The highest BCUT2D eigenvalue weighted by Crippen LogP contribution is 2.22. The molecule has 0 unspecified atom stereocenters. The van der Waals surface area contributed by atoms with Gasteiger partial charge in [0.25, 0.3) is 5.91 Å². The summed E-state index contributed by atoms with van der Waals surface area (Å²) >= 11 is 0. The SMILES string of the molecule is Cc1ccc(NS(C)(=O)=O)c(C(=O)NC2CCC(O)CC2)c1. The molecule has 1 aromatic carbocycles. The monoisotopic (exact) mass is 326 g/mol. The Kier molecular flexibility index (Phi) is 5.08. The quantitative estimate of drug-likeness (QED) is 0.779. The van der Waals surface area contributed by atoms with Gasteiger partial charge in [0.2, 0.25) is 10.0 Å². The van der Waals surface area contributed by atoms with E-state index in [1.807, 2.05) is 6.92 Å². The van der Waals surface area contributed by atoms with Gasteiger partial charge < -0.3 is 10.4 Å². The highest BCUT2D eigenvalue weighted by atomic mass is 32.2. The van der Waals surface area contributed by atoms with Crippen LogP contribution < -0.4 is 10.0 Å². The van der Waals surface area contributed by atoms with E-state index in [9.17, 15) is 18.3 Å². The maximum absolute atomic E-state index is 12.4. The summed E-state index contributed by atoms with van der Waals surface area (Å²) in [5.74, 6) is -0.295. The summed E-state index contributed by atoms with van der Waals surface area (Å²) in [4.78, 5) is 12.4. The lowest BCUT2D eigenvalue weighted by Gasteiger charge is -2.26. The molecule has 0 aromatic heterocycles. The molecular formula is C15H22N2O4S. The van der Waals surface area contributed by atoms with Crippen molar-refractivity contribution in [3.63, 3.8) is 0 Å². The number of rotatable bonds is 4. The van der Waals surface area contributed by atoms with E-state index in [0.29, 0.717) is 18.4 Å². The molecule has 0 bridgehead atoms. The first kappa shape index (κ1) is 16.8. The average Bonchev–Trinajstić information content (AvgIpc) is 2.42. The van der Waals surface area contributed by atoms with Gasteiger partial charge in [0, 0.05) is 6.04 Å². The van der Waals surface area contributed by atoms with Gasteiger partial charge in [0.15, 0.2) is 0 Å². The fourth-order valence-corrected chi connectivity index (χ4v) is 3.20. The number of aliphatic hydroxyl groups excluding tert-OH is 1. The number of hydrogen-bond acceptors (Lipinski definition) is 4. The molecule has 0 atom stereocenters. The second-order valence-electron chi connectivity index (χ2n) is 5.90. The van der Waals surface area contributed by atoms with Crippen molar-refractivity contribution in [2.45, 2.75) is 44.8 Å². The smallest absolute Gasteiger partial charge is 0.253 e. The summed E-state index contributed by atoms with van der Waals surface area (Å²) in [6.45, 7) is 1.85. The molecule has 0 spiro atoms. The molecule has 7 heteroatoms. The zero-order chi connectivity index (χ0) is 16.3. The minimum atomic E-state index is -3.45. The Bertz CT molecular complexity index is 650. The number of carbonyl (C=O) groups is 1. The van der Waals surface area contributed by atoms with Gasteiger partial charge in [-0.25, -0.2) is 8.42 Å². The third-order valence-corrected chi connectivity index (χ3v) is 4.34. The summed E-state index contributed by atoms with van der Waals surface area (Å²) in [5.41, 5.74) is 1.47. The van der Waals surface area contributed by atoms with Crippen LogP contribution >= 0.6 is 0 Å². The summed E-state index contributed by atoms with van der Waals surface area (Å²) in [7, 11) is -3.45. The number of sulfonamides is 1. The van der Waals surface area contributed by atoms with Gasteiger partial charge in [-0.2, -0.15) is 0 Å². The van der Waals surface area contributed by atoms with Crippen molar-refractivity contribution in [3.05, 3.63) is 29.3 Å². The van der Waals surface area contributed by atoms with E-state index in [4.69, 9.17) is 0 Å². The molecule has 1 aromatic rings. The second-order valence-corrected chi connectivity index (χ2v) is 7.65. The van der Waals surface area contributed by atoms with Gasteiger partial charge in [-0.05, 0) is 44.7 Å². The molecule has 22 heavy (non-hydrogen) atoms. The summed E-state index contributed by atoms with van der Waals surface area (Å²) < 4.78 is 25.2. The van der Waals surface area contributed by atoms with E-state index in [1.165, 1.54) is 0 Å². The summed E-state index contributed by atoms with van der Waals surface area (Å²) in [6.07, 6.45) is 3.58. The van der Waals surface area contributed by atoms with E-state index in [0.717, 1.165) is 24.7 Å². The maximum Gasteiger partial charge on any atom is 0.253 e.